The normalized spacial score (nSPS) is 12.4. The Kier molecular flexibility index (Phi) is 6.41. The van der Waals surface area contributed by atoms with E-state index in [1.54, 1.807) is 36.4 Å². The number of halogens is 1. The Morgan fingerprint density at radius 2 is 1.72 bits per heavy atom. The lowest BCUT2D eigenvalue weighted by Crippen LogP contribution is -2.44. The molecule has 0 heterocycles. The quantitative estimate of drug-likeness (QED) is 0.769. The first-order valence-electron chi connectivity index (χ1n) is 7.50. The van der Waals surface area contributed by atoms with Crippen LogP contribution in [0.25, 0.3) is 0 Å². The Morgan fingerprint density at radius 1 is 1.12 bits per heavy atom. The molecule has 0 aromatic heterocycles. The number of amides is 1. The van der Waals surface area contributed by atoms with Crippen LogP contribution in [-0.4, -0.2) is 27.5 Å². The van der Waals surface area contributed by atoms with Gasteiger partial charge in [0.05, 0.1) is 18.0 Å². The molecule has 0 aliphatic heterocycles. The average Bonchev–Trinajstić information content (AvgIpc) is 2.60. The molecule has 8 heteroatoms. The summed E-state index contributed by atoms with van der Waals surface area (Å²) < 4.78 is 32.0. The van der Waals surface area contributed by atoms with Crippen molar-refractivity contribution < 1.29 is 17.9 Å². The topological polar surface area (TPSA) is 84.5 Å². The van der Waals surface area contributed by atoms with E-state index in [0.717, 1.165) is 5.56 Å². The fourth-order valence-corrected chi connectivity index (χ4v) is 3.38. The van der Waals surface area contributed by atoms with E-state index in [2.05, 4.69) is 10.0 Å². The van der Waals surface area contributed by atoms with Crippen molar-refractivity contribution >= 4 is 27.5 Å². The summed E-state index contributed by atoms with van der Waals surface area (Å²) in [7, 11) is -2.31. The van der Waals surface area contributed by atoms with Gasteiger partial charge in [0.1, 0.15) is 5.75 Å². The molecule has 0 radical (unpaired) electrons. The standard InChI is InChI=1S/C17H19ClN2O4S/c1-12(17(21)19-11-13-3-5-14(18)6-4-13)20-25(22,23)16-9-7-15(24-2)8-10-16/h3-10,12,20H,11H2,1-2H3,(H,19,21)/t12-/m0/s1. The third-order valence-corrected chi connectivity index (χ3v) is 5.28. The maximum absolute atomic E-state index is 12.3. The number of sulfonamides is 1. The SMILES string of the molecule is COc1ccc(S(=O)(=O)N[C@@H](C)C(=O)NCc2ccc(Cl)cc2)cc1. The molecule has 2 N–H and O–H groups in total. The molecule has 0 saturated heterocycles. The van der Waals surface area contributed by atoms with Gasteiger partial charge in [0.25, 0.3) is 0 Å². The van der Waals surface area contributed by atoms with Crippen LogP contribution in [0.4, 0.5) is 0 Å². The lowest BCUT2D eigenvalue weighted by Gasteiger charge is -2.15. The summed E-state index contributed by atoms with van der Waals surface area (Å²) in [6, 6.07) is 12.0. The molecule has 25 heavy (non-hydrogen) atoms. The zero-order chi connectivity index (χ0) is 18.4. The first kappa shape index (κ1) is 19.2. The maximum atomic E-state index is 12.3. The van der Waals surface area contributed by atoms with Crippen molar-refractivity contribution in [3.8, 4) is 5.75 Å². The number of hydrogen-bond donors (Lipinski definition) is 2. The highest BCUT2D eigenvalue weighted by Crippen LogP contribution is 2.15. The highest BCUT2D eigenvalue weighted by Gasteiger charge is 2.21. The van der Waals surface area contributed by atoms with E-state index in [4.69, 9.17) is 16.3 Å². The zero-order valence-corrected chi connectivity index (χ0v) is 15.4. The Bertz CT molecular complexity index is 821. The second-order valence-electron chi connectivity index (χ2n) is 5.36. The summed E-state index contributed by atoms with van der Waals surface area (Å²) in [4.78, 5) is 12.2. The van der Waals surface area contributed by atoms with E-state index in [0.29, 0.717) is 10.8 Å². The van der Waals surface area contributed by atoms with E-state index in [1.165, 1.54) is 26.2 Å². The number of ether oxygens (including phenoxy) is 1. The van der Waals surface area contributed by atoms with Crippen molar-refractivity contribution in [2.24, 2.45) is 0 Å². The van der Waals surface area contributed by atoms with Crippen molar-refractivity contribution in [1.82, 2.24) is 10.0 Å². The molecule has 1 amide bonds. The molecule has 2 aromatic rings. The first-order valence-corrected chi connectivity index (χ1v) is 9.36. The number of benzene rings is 2. The van der Waals surface area contributed by atoms with Gasteiger partial charge in [0.15, 0.2) is 0 Å². The highest BCUT2D eigenvalue weighted by atomic mass is 35.5. The predicted molar refractivity (Wildman–Crippen MR) is 96.1 cm³/mol. The molecule has 0 unspecified atom stereocenters. The molecule has 2 aromatic carbocycles. The molecule has 0 saturated carbocycles. The van der Waals surface area contributed by atoms with E-state index < -0.39 is 22.0 Å². The van der Waals surface area contributed by atoms with Crippen molar-refractivity contribution in [2.75, 3.05) is 7.11 Å². The molecular formula is C17H19ClN2O4S. The first-order chi connectivity index (χ1) is 11.8. The van der Waals surface area contributed by atoms with Gasteiger partial charge in [0.2, 0.25) is 15.9 Å². The van der Waals surface area contributed by atoms with Gasteiger partial charge in [0, 0.05) is 11.6 Å². The fourth-order valence-electron chi connectivity index (χ4n) is 2.05. The van der Waals surface area contributed by atoms with Crippen LogP contribution in [0.15, 0.2) is 53.4 Å². The summed E-state index contributed by atoms with van der Waals surface area (Å²) >= 11 is 5.80. The van der Waals surface area contributed by atoms with Gasteiger partial charge in [-0.1, -0.05) is 23.7 Å². The van der Waals surface area contributed by atoms with Crippen LogP contribution in [-0.2, 0) is 21.4 Å². The van der Waals surface area contributed by atoms with Crippen molar-refractivity contribution in [3.63, 3.8) is 0 Å². The van der Waals surface area contributed by atoms with Crippen LogP contribution < -0.4 is 14.8 Å². The number of carbonyl (C=O) groups excluding carboxylic acids is 1. The summed E-state index contributed by atoms with van der Waals surface area (Å²) in [6.07, 6.45) is 0. The van der Waals surface area contributed by atoms with E-state index in [-0.39, 0.29) is 11.4 Å². The van der Waals surface area contributed by atoms with Gasteiger partial charge < -0.3 is 10.1 Å². The van der Waals surface area contributed by atoms with Crippen LogP contribution in [0, 0.1) is 0 Å². The smallest absolute Gasteiger partial charge is 0.241 e. The van der Waals surface area contributed by atoms with Crippen LogP contribution in [0.1, 0.15) is 12.5 Å². The third kappa shape index (κ3) is 5.45. The molecule has 0 bridgehead atoms. The highest BCUT2D eigenvalue weighted by molar-refractivity contribution is 7.89. The van der Waals surface area contributed by atoms with Crippen LogP contribution >= 0.6 is 11.6 Å². The molecule has 0 aliphatic carbocycles. The van der Waals surface area contributed by atoms with Gasteiger partial charge in [-0.25, -0.2) is 8.42 Å². The van der Waals surface area contributed by atoms with Crippen LogP contribution in [0.5, 0.6) is 5.75 Å². The van der Waals surface area contributed by atoms with Crippen molar-refractivity contribution in [3.05, 3.63) is 59.1 Å². The van der Waals surface area contributed by atoms with Gasteiger partial charge in [-0.2, -0.15) is 4.72 Å². The number of rotatable bonds is 7. The second-order valence-corrected chi connectivity index (χ2v) is 7.51. The number of nitrogens with one attached hydrogen (secondary N) is 2. The minimum atomic E-state index is -3.80. The van der Waals surface area contributed by atoms with E-state index in [9.17, 15) is 13.2 Å². The lowest BCUT2D eigenvalue weighted by molar-refractivity contribution is -0.122. The monoisotopic (exact) mass is 382 g/mol. The van der Waals surface area contributed by atoms with Crippen LogP contribution in [0.2, 0.25) is 5.02 Å². The predicted octanol–water partition coefficient (Wildman–Crippen LogP) is 2.33. The molecule has 0 aliphatic rings. The molecule has 134 valence electrons. The number of hydrogen-bond acceptors (Lipinski definition) is 4. The minimum absolute atomic E-state index is 0.0608. The number of carbonyl (C=O) groups is 1. The lowest BCUT2D eigenvalue weighted by atomic mass is 10.2. The molecule has 2 rings (SSSR count). The molecule has 1 atom stereocenters. The van der Waals surface area contributed by atoms with E-state index in [1.807, 2.05) is 0 Å². The van der Waals surface area contributed by atoms with Gasteiger partial charge >= 0.3 is 0 Å². The average molecular weight is 383 g/mol. The summed E-state index contributed by atoms with van der Waals surface area (Å²) in [6.45, 7) is 1.77. The Hall–Kier alpha value is -2.09. The Labute approximate surface area is 152 Å². The van der Waals surface area contributed by atoms with Crippen molar-refractivity contribution in [1.29, 1.82) is 0 Å². The molecular weight excluding hydrogens is 364 g/mol. The fraction of sp³-hybridized carbons (Fsp3) is 0.235. The third-order valence-electron chi connectivity index (χ3n) is 3.47. The minimum Gasteiger partial charge on any atom is -0.497 e. The van der Waals surface area contributed by atoms with Crippen molar-refractivity contribution in [2.45, 2.75) is 24.4 Å². The number of methoxy groups -OCH3 is 1. The van der Waals surface area contributed by atoms with E-state index >= 15 is 0 Å². The van der Waals surface area contributed by atoms with Crippen LogP contribution in [0.3, 0.4) is 0 Å². The van der Waals surface area contributed by atoms with Gasteiger partial charge in [-0.15, -0.1) is 0 Å². The van der Waals surface area contributed by atoms with Gasteiger partial charge in [-0.3, -0.25) is 4.79 Å². The molecule has 0 spiro atoms. The summed E-state index contributed by atoms with van der Waals surface area (Å²) in [5.41, 5.74) is 0.864. The maximum Gasteiger partial charge on any atom is 0.241 e. The molecule has 6 nitrogen and oxygen atoms in total. The summed E-state index contributed by atoms with van der Waals surface area (Å²) in [5, 5.41) is 3.29. The Morgan fingerprint density at radius 3 is 2.28 bits per heavy atom. The molecule has 0 fully saturated rings. The van der Waals surface area contributed by atoms with Gasteiger partial charge in [-0.05, 0) is 48.9 Å². The zero-order valence-electron chi connectivity index (χ0n) is 13.8. The Balaban J connectivity index is 1.95. The second kappa shape index (κ2) is 8.33. The summed E-state index contributed by atoms with van der Waals surface area (Å²) in [5.74, 6) is 0.125. The largest absolute Gasteiger partial charge is 0.497 e.